The van der Waals surface area contributed by atoms with Crippen molar-refractivity contribution in [1.29, 1.82) is 0 Å². The molecule has 1 aliphatic heterocycles. The Balaban J connectivity index is 1.83. The number of H-pyrrole nitrogens is 1. The molecule has 0 aliphatic carbocycles. The number of methoxy groups -OCH3 is 1. The maximum atomic E-state index is 13.7. The van der Waals surface area contributed by atoms with Gasteiger partial charge < -0.3 is 14.8 Å². The van der Waals surface area contributed by atoms with E-state index in [0.717, 1.165) is 44.4 Å². The van der Waals surface area contributed by atoms with Gasteiger partial charge in [0.15, 0.2) is 0 Å². The fourth-order valence-electron chi connectivity index (χ4n) is 5.31. The standard InChI is InChI=1S/C31H30N2O4/c1-16-11-12-21(13-17(16)2)33-28(26-20(5)32-24-10-8-7-9-22(24)26)27(30(35)31(33)36)29(34)23-14-19(4)25(37-6)15-18(23)3/h7-15,28,32,34H,1-6H3/b29-27+. The number of aliphatic hydroxyl groups is 1. The van der Waals surface area contributed by atoms with Gasteiger partial charge in [0.25, 0.3) is 11.7 Å². The number of rotatable bonds is 4. The van der Waals surface area contributed by atoms with Crippen LogP contribution in [0.25, 0.3) is 16.7 Å². The third kappa shape index (κ3) is 3.80. The van der Waals surface area contributed by atoms with E-state index in [1.165, 1.54) is 4.90 Å². The Bertz CT molecular complexity index is 1630. The average molecular weight is 495 g/mol. The molecule has 3 aromatic carbocycles. The second-order valence-electron chi connectivity index (χ2n) is 9.78. The van der Waals surface area contributed by atoms with Crippen molar-refractivity contribution in [3.63, 3.8) is 0 Å². The second kappa shape index (κ2) is 8.96. The van der Waals surface area contributed by atoms with Gasteiger partial charge >= 0.3 is 0 Å². The highest BCUT2D eigenvalue weighted by atomic mass is 16.5. The summed E-state index contributed by atoms with van der Waals surface area (Å²) in [6, 6.07) is 16.3. The van der Waals surface area contributed by atoms with Gasteiger partial charge in [-0.3, -0.25) is 14.5 Å². The van der Waals surface area contributed by atoms with Gasteiger partial charge in [0.2, 0.25) is 0 Å². The van der Waals surface area contributed by atoms with E-state index in [9.17, 15) is 14.7 Å². The molecule has 1 aromatic heterocycles. The minimum Gasteiger partial charge on any atom is -0.507 e. The number of aryl methyl sites for hydroxylation is 5. The van der Waals surface area contributed by atoms with Crippen molar-refractivity contribution in [2.45, 2.75) is 40.7 Å². The van der Waals surface area contributed by atoms with Crippen LogP contribution in [0.2, 0.25) is 0 Å². The number of fused-ring (bicyclic) bond motifs is 1. The number of Topliss-reactive ketones (excluding diaryl/α,β-unsaturated/α-hetero) is 1. The van der Waals surface area contributed by atoms with Gasteiger partial charge in [-0.1, -0.05) is 24.3 Å². The highest BCUT2D eigenvalue weighted by Gasteiger charge is 2.48. The van der Waals surface area contributed by atoms with E-state index in [4.69, 9.17) is 4.74 Å². The molecule has 0 bridgehead atoms. The average Bonchev–Trinajstić information content (AvgIpc) is 3.33. The fraction of sp³-hybridized carbons (Fsp3) is 0.226. The van der Waals surface area contributed by atoms with E-state index in [2.05, 4.69) is 4.98 Å². The number of ketones is 1. The van der Waals surface area contributed by atoms with Crippen LogP contribution in [0.15, 0.2) is 60.2 Å². The molecule has 6 heteroatoms. The van der Waals surface area contributed by atoms with Crippen LogP contribution in [0.3, 0.4) is 0 Å². The summed E-state index contributed by atoms with van der Waals surface area (Å²) in [6.45, 7) is 9.64. The molecule has 0 radical (unpaired) electrons. The van der Waals surface area contributed by atoms with Crippen LogP contribution in [0.4, 0.5) is 5.69 Å². The van der Waals surface area contributed by atoms with Crippen LogP contribution in [0, 0.1) is 34.6 Å². The number of ether oxygens (including phenoxy) is 1. The monoisotopic (exact) mass is 494 g/mol. The third-order valence-corrected chi connectivity index (χ3v) is 7.43. The van der Waals surface area contributed by atoms with Crippen LogP contribution in [0.5, 0.6) is 5.75 Å². The summed E-state index contributed by atoms with van der Waals surface area (Å²) in [7, 11) is 1.59. The largest absolute Gasteiger partial charge is 0.507 e. The minimum atomic E-state index is -0.805. The Morgan fingerprint density at radius 1 is 0.892 bits per heavy atom. The summed E-state index contributed by atoms with van der Waals surface area (Å²) in [5.74, 6) is -0.878. The zero-order valence-corrected chi connectivity index (χ0v) is 21.9. The molecule has 4 aromatic rings. The molecule has 5 rings (SSSR count). The predicted molar refractivity (Wildman–Crippen MR) is 146 cm³/mol. The number of carbonyl (C=O) groups excluding carboxylic acids is 2. The number of aromatic amines is 1. The van der Waals surface area contributed by atoms with E-state index in [1.54, 1.807) is 13.2 Å². The molecule has 2 heterocycles. The van der Waals surface area contributed by atoms with Gasteiger partial charge in [-0.25, -0.2) is 0 Å². The Kier molecular flexibility index (Phi) is 5.91. The molecule has 1 unspecified atom stereocenters. The van der Waals surface area contributed by atoms with Gasteiger partial charge in [0, 0.05) is 33.4 Å². The molecular formula is C31H30N2O4. The van der Waals surface area contributed by atoms with E-state index in [0.29, 0.717) is 17.0 Å². The van der Waals surface area contributed by atoms with Crippen LogP contribution in [-0.4, -0.2) is 28.9 Å². The SMILES string of the molecule is COc1cc(C)c(/C(O)=C2\C(=O)C(=O)N(c3ccc(C)c(C)c3)C2c2c(C)[nH]c3ccccc23)cc1C. The van der Waals surface area contributed by atoms with Gasteiger partial charge in [-0.05, 0) is 87.2 Å². The molecule has 1 saturated heterocycles. The maximum absolute atomic E-state index is 13.7. The number of anilines is 1. The molecule has 37 heavy (non-hydrogen) atoms. The van der Waals surface area contributed by atoms with Crippen molar-refractivity contribution >= 4 is 34.0 Å². The first-order valence-electron chi connectivity index (χ1n) is 12.2. The Labute approximate surface area is 216 Å². The number of amides is 1. The highest BCUT2D eigenvalue weighted by Crippen LogP contribution is 2.46. The minimum absolute atomic E-state index is 0.0729. The number of para-hydroxylation sites is 1. The fourth-order valence-corrected chi connectivity index (χ4v) is 5.31. The van der Waals surface area contributed by atoms with E-state index in [-0.39, 0.29) is 11.3 Å². The number of carbonyl (C=O) groups is 2. The zero-order chi connectivity index (χ0) is 26.6. The van der Waals surface area contributed by atoms with Crippen LogP contribution >= 0.6 is 0 Å². The molecule has 1 amide bonds. The smallest absolute Gasteiger partial charge is 0.300 e. The van der Waals surface area contributed by atoms with Crippen LogP contribution < -0.4 is 9.64 Å². The number of benzene rings is 3. The molecule has 0 spiro atoms. The van der Waals surface area contributed by atoms with Gasteiger partial charge in [-0.15, -0.1) is 0 Å². The summed E-state index contributed by atoms with van der Waals surface area (Å²) in [5.41, 5.74) is 7.36. The number of aromatic nitrogens is 1. The summed E-state index contributed by atoms with van der Waals surface area (Å²) < 4.78 is 5.43. The molecular weight excluding hydrogens is 464 g/mol. The Morgan fingerprint density at radius 2 is 1.62 bits per heavy atom. The quantitative estimate of drug-likeness (QED) is 0.197. The van der Waals surface area contributed by atoms with Crippen molar-refractivity contribution in [2.24, 2.45) is 0 Å². The maximum Gasteiger partial charge on any atom is 0.300 e. The molecule has 1 fully saturated rings. The number of hydrogen-bond acceptors (Lipinski definition) is 4. The Morgan fingerprint density at radius 3 is 2.32 bits per heavy atom. The molecule has 2 N–H and O–H groups in total. The van der Waals surface area contributed by atoms with Gasteiger partial charge in [0.05, 0.1) is 18.7 Å². The van der Waals surface area contributed by atoms with Crippen molar-refractivity contribution in [3.8, 4) is 5.75 Å². The summed E-state index contributed by atoms with van der Waals surface area (Å²) in [5, 5.41) is 12.6. The van der Waals surface area contributed by atoms with Gasteiger partial charge in [-0.2, -0.15) is 0 Å². The second-order valence-corrected chi connectivity index (χ2v) is 9.78. The normalized spacial score (nSPS) is 17.1. The lowest BCUT2D eigenvalue weighted by Gasteiger charge is -2.26. The predicted octanol–water partition coefficient (Wildman–Crippen LogP) is 6.34. The number of aliphatic hydroxyl groups excluding tert-OH is 1. The number of nitrogens with one attached hydrogen (secondary N) is 1. The highest BCUT2D eigenvalue weighted by molar-refractivity contribution is 6.52. The molecule has 1 aliphatic rings. The van der Waals surface area contributed by atoms with Crippen LogP contribution in [-0.2, 0) is 9.59 Å². The van der Waals surface area contributed by atoms with Crippen molar-refractivity contribution in [2.75, 3.05) is 12.0 Å². The summed E-state index contributed by atoms with van der Waals surface area (Å²) in [4.78, 5) is 32.3. The third-order valence-electron chi connectivity index (χ3n) is 7.43. The van der Waals surface area contributed by atoms with E-state index < -0.39 is 17.7 Å². The number of hydrogen-bond donors (Lipinski definition) is 2. The zero-order valence-electron chi connectivity index (χ0n) is 21.9. The number of nitrogens with zero attached hydrogens (tertiary/aromatic N) is 1. The lowest BCUT2D eigenvalue weighted by atomic mass is 9.91. The van der Waals surface area contributed by atoms with E-state index >= 15 is 0 Å². The van der Waals surface area contributed by atoms with E-state index in [1.807, 2.05) is 83.1 Å². The molecule has 1 atom stereocenters. The lowest BCUT2D eigenvalue weighted by Crippen LogP contribution is -2.29. The topological polar surface area (TPSA) is 82.6 Å². The van der Waals surface area contributed by atoms with Crippen molar-refractivity contribution in [1.82, 2.24) is 4.98 Å². The van der Waals surface area contributed by atoms with Gasteiger partial charge in [0.1, 0.15) is 11.5 Å². The first kappa shape index (κ1) is 24.4. The Hall–Kier alpha value is -4.32. The first-order chi connectivity index (χ1) is 17.6. The summed E-state index contributed by atoms with van der Waals surface area (Å²) in [6.07, 6.45) is 0. The molecule has 6 nitrogen and oxygen atoms in total. The first-order valence-corrected chi connectivity index (χ1v) is 12.2. The molecule has 0 saturated carbocycles. The summed E-state index contributed by atoms with van der Waals surface area (Å²) >= 11 is 0. The lowest BCUT2D eigenvalue weighted by molar-refractivity contribution is -0.132. The molecule has 188 valence electrons. The van der Waals surface area contributed by atoms with Crippen LogP contribution in [0.1, 0.15) is 45.1 Å². The van der Waals surface area contributed by atoms with Crippen molar-refractivity contribution in [3.05, 3.63) is 99.2 Å². The van der Waals surface area contributed by atoms with Crippen molar-refractivity contribution < 1.29 is 19.4 Å².